The predicted molar refractivity (Wildman–Crippen MR) is 95.3 cm³/mol. The molecule has 3 aromatic heterocycles. The Morgan fingerprint density at radius 2 is 2.10 bits per heavy atom. The average Bonchev–Trinajstić information content (AvgIpc) is 3.22. The number of hydrogen-bond donors (Lipinski definition) is 5. The fraction of sp³-hybridized carbons (Fsp3) is 0.333. The molecule has 5 N–H and O–H groups in total. The molecule has 1 saturated heterocycles. The first-order valence-electron chi connectivity index (χ1n) is 8.33. The van der Waals surface area contributed by atoms with Crippen molar-refractivity contribution in [3.63, 3.8) is 0 Å². The van der Waals surface area contributed by atoms with E-state index in [2.05, 4.69) is 24.5 Å². The Morgan fingerprint density at radius 1 is 1.31 bits per heavy atom. The first-order chi connectivity index (χ1) is 13.7. The van der Waals surface area contributed by atoms with Crippen LogP contribution in [0.25, 0.3) is 22.6 Å². The van der Waals surface area contributed by atoms with Crippen LogP contribution < -0.4 is 5.56 Å². The molecule has 4 atom stereocenters. The Balaban J connectivity index is 1.70. The van der Waals surface area contributed by atoms with E-state index >= 15 is 0 Å². The van der Waals surface area contributed by atoms with E-state index in [0.29, 0.717) is 5.56 Å². The number of aliphatic hydroxyl groups is 2. The lowest BCUT2D eigenvalue weighted by Gasteiger charge is -2.16. The van der Waals surface area contributed by atoms with Crippen LogP contribution in [0.4, 0.5) is 0 Å². The van der Waals surface area contributed by atoms with Crippen molar-refractivity contribution in [3.8, 4) is 11.4 Å². The van der Waals surface area contributed by atoms with Crippen LogP contribution in [0.2, 0.25) is 0 Å². The third-order valence-corrected chi connectivity index (χ3v) is 4.87. The van der Waals surface area contributed by atoms with Crippen molar-refractivity contribution in [1.82, 2.24) is 24.5 Å². The molecule has 1 fully saturated rings. The molecule has 0 aromatic carbocycles. The number of hydrogen-bond acceptors (Lipinski definition) is 9. The SMILES string of the molecule is O=c1[nH]c(-c2cccnc2)nc2c1ncn2C1O[C@@H](COP(=O)(O)O)[C@H](O)[C@@H]1O. The number of rotatable bonds is 5. The van der Waals surface area contributed by atoms with E-state index in [1.54, 1.807) is 18.3 Å². The third-order valence-electron chi connectivity index (χ3n) is 4.39. The molecule has 0 amide bonds. The van der Waals surface area contributed by atoms with Crippen LogP contribution in [0.5, 0.6) is 0 Å². The molecular weight excluding hydrogens is 409 g/mol. The third kappa shape index (κ3) is 3.84. The first kappa shape index (κ1) is 19.8. The van der Waals surface area contributed by atoms with Gasteiger partial charge >= 0.3 is 7.82 Å². The summed E-state index contributed by atoms with van der Waals surface area (Å²) in [5.74, 6) is 0.215. The Kier molecular flexibility index (Phi) is 5.04. The van der Waals surface area contributed by atoms with Crippen LogP contribution in [-0.4, -0.2) is 69.4 Å². The van der Waals surface area contributed by atoms with Gasteiger partial charge in [0.1, 0.15) is 24.1 Å². The van der Waals surface area contributed by atoms with Crippen molar-refractivity contribution >= 4 is 19.0 Å². The standard InChI is InChI=1S/C15H16N5O8P/c21-10-8(5-27-29(24,25)26)28-15(11(10)22)20-6-17-9-13(20)18-12(19-14(9)23)7-2-1-3-16-4-7/h1-4,6,8,10-11,15,21-22H,5H2,(H,18,19,23)(H2,24,25,26)/t8-,10-,11-,15?/m0/s1. The normalized spacial score (nSPS) is 25.0. The van der Waals surface area contributed by atoms with Gasteiger partial charge in [0, 0.05) is 18.0 Å². The molecule has 14 heteroatoms. The molecule has 3 aromatic rings. The zero-order chi connectivity index (χ0) is 20.8. The van der Waals surface area contributed by atoms with Crippen LogP contribution >= 0.6 is 7.82 Å². The quantitative estimate of drug-likeness (QED) is 0.312. The van der Waals surface area contributed by atoms with Crippen LogP contribution in [0.1, 0.15) is 6.23 Å². The largest absolute Gasteiger partial charge is 0.469 e. The van der Waals surface area contributed by atoms with Gasteiger partial charge in [0.15, 0.2) is 17.4 Å². The summed E-state index contributed by atoms with van der Waals surface area (Å²) < 4.78 is 22.0. The molecular formula is C15H16N5O8P. The van der Waals surface area contributed by atoms with Gasteiger partial charge in [0.25, 0.3) is 5.56 Å². The van der Waals surface area contributed by atoms with Gasteiger partial charge in [-0.3, -0.25) is 18.9 Å². The number of nitrogens with one attached hydrogen (secondary N) is 1. The Labute approximate surface area is 161 Å². The van der Waals surface area contributed by atoms with Gasteiger partial charge in [0.05, 0.1) is 12.9 Å². The number of imidazole rings is 1. The fourth-order valence-electron chi connectivity index (χ4n) is 3.02. The van der Waals surface area contributed by atoms with Gasteiger partial charge in [-0.1, -0.05) is 0 Å². The molecule has 1 aliphatic rings. The summed E-state index contributed by atoms with van der Waals surface area (Å²) in [5, 5.41) is 20.5. The highest BCUT2D eigenvalue weighted by molar-refractivity contribution is 7.46. The van der Waals surface area contributed by atoms with Gasteiger partial charge < -0.3 is 29.7 Å². The number of phosphoric acid groups is 1. The number of aliphatic hydroxyl groups excluding tert-OH is 2. The highest BCUT2D eigenvalue weighted by atomic mass is 31.2. The molecule has 29 heavy (non-hydrogen) atoms. The Hall–Kier alpha value is -2.51. The lowest BCUT2D eigenvalue weighted by Crippen LogP contribution is -2.33. The highest BCUT2D eigenvalue weighted by Gasteiger charge is 2.45. The molecule has 13 nitrogen and oxygen atoms in total. The molecule has 4 rings (SSSR count). The van der Waals surface area contributed by atoms with Gasteiger partial charge in [-0.2, -0.15) is 0 Å². The maximum absolute atomic E-state index is 12.4. The minimum atomic E-state index is -4.79. The number of aromatic nitrogens is 5. The van der Waals surface area contributed by atoms with Crippen molar-refractivity contribution in [3.05, 3.63) is 41.2 Å². The minimum Gasteiger partial charge on any atom is -0.387 e. The van der Waals surface area contributed by atoms with E-state index in [1.807, 2.05) is 0 Å². The molecule has 0 spiro atoms. The summed E-state index contributed by atoms with van der Waals surface area (Å²) in [6, 6.07) is 3.36. The average molecular weight is 425 g/mol. The van der Waals surface area contributed by atoms with E-state index < -0.39 is 44.5 Å². The van der Waals surface area contributed by atoms with Crippen LogP contribution in [-0.2, 0) is 13.8 Å². The van der Waals surface area contributed by atoms with E-state index in [9.17, 15) is 19.6 Å². The number of fused-ring (bicyclic) bond motifs is 1. The first-order valence-corrected chi connectivity index (χ1v) is 9.86. The topological polar surface area (TPSA) is 193 Å². The minimum absolute atomic E-state index is 0.0159. The van der Waals surface area contributed by atoms with E-state index in [-0.39, 0.29) is 17.0 Å². The molecule has 4 heterocycles. The number of nitrogens with zero attached hydrogens (tertiary/aromatic N) is 4. The monoisotopic (exact) mass is 425 g/mol. The van der Waals surface area contributed by atoms with Gasteiger partial charge in [0.2, 0.25) is 0 Å². The summed E-state index contributed by atoms with van der Waals surface area (Å²) in [6.45, 7) is -0.652. The summed E-state index contributed by atoms with van der Waals surface area (Å²) in [7, 11) is -4.79. The smallest absolute Gasteiger partial charge is 0.387 e. The van der Waals surface area contributed by atoms with E-state index in [1.165, 1.54) is 17.1 Å². The number of H-pyrrole nitrogens is 1. The molecule has 0 saturated carbocycles. The Bertz CT molecular complexity index is 1130. The van der Waals surface area contributed by atoms with Crippen LogP contribution in [0.15, 0.2) is 35.6 Å². The molecule has 154 valence electrons. The van der Waals surface area contributed by atoms with E-state index in [0.717, 1.165) is 0 Å². The second-order valence-electron chi connectivity index (χ2n) is 6.31. The van der Waals surface area contributed by atoms with Gasteiger partial charge in [-0.25, -0.2) is 14.5 Å². The van der Waals surface area contributed by atoms with E-state index in [4.69, 9.17) is 14.5 Å². The summed E-state index contributed by atoms with van der Waals surface area (Å²) in [4.78, 5) is 44.9. The molecule has 0 radical (unpaired) electrons. The summed E-state index contributed by atoms with van der Waals surface area (Å²) in [5.41, 5.74) is 0.0837. The summed E-state index contributed by atoms with van der Waals surface area (Å²) in [6.07, 6.45) is -1.13. The number of ether oxygens (including phenoxy) is 1. The summed E-state index contributed by atoms with van der Waals surface area (Å²) >= 11 is 0. The van der Waals surface area contributed by atoms with Crippen LogP contribution in [0, 0.1) is 0 Å². The zero-order valence-corrected chi connectivity index (χ0v) is 15.5. The molecule has 1 unspecified atom stereocenters. The predicted octanol–water partition coefficient (Wildman–Crippen LogP) is -1.09. The lowest BCUT2D eigenvalue weighted by molar-refractivity contribution is -0.0503. The second-order valence-corrected chi connectivity index (χ2v) is 7.55. The second kappa shape index (κ2) is 7.39. The number of phosphoric ester groups is 1. The van der Waals surface area contributed by atoms with Crippen molar-refractivity contribution < 1.29 is 33.8 Å². The van der Waals surface area contributed by atoms with Gasteiger partial charge in [-0.05, 0) is 12.1 Å². The zero-order valence-electron chi connectivity index (χ0n) is 14.6. The maximum atomic E-state index is 12.4. The van der Waals surface area contributed by atoms with Gasteiger partial charge in [-0.15, -0.1) is 0 Å². The number of aromatic amines is 1. The van der Waals surface area contributed by atoms with Crippen molar-refractivity contribution in [2.45, 2.75) is 24.5 Å². The molecule has 1 aliphatic heterocycles. The van der Waals surface area contributed by atoms with Crippen molar-refractivity contribution in [1.29, 1.82) is 0 Å². The molecule has 0 aliphatic carbocycles. The maximum Gasteiger partial charge on any atom is 0.469 e. The lowest BCUT2D eigenvalue weighted by atomic mass is 10.1. The van der Waals surface area contributed by atoms with Crippen molar-refractivity contribution in [2.24, 2.45) is 0 Å². The Morgan fingerprint density at radius 3 is 2.79 bits per heavy atom. The number of pyridine rings is 1. The molecule has 0 bridgehead atoms. The van der Waals surface area contributed by atoms with Crippen LogP contribution in [0.3, 0.4) is 0 Å². The fourth-order valence-corrected chi connectivity index (χ4v) is 3.36. The highest BCUT2D eigenvalue weighted by Crippen LogP contribution is 2.38. The van der Waals surface area contributed by atoms with Crippen molar-refractivity contribution in [2.75, 3.05) is 6.61 Å².